The molecule has 0 unspecified atom stereocenters. The maximum atomic E-state index is 9.06. The minimum Gasteiger partial charge on any atom is -0.394 e. The first-order valence-corrected chi connectivity index (χ1v) is 4.97. The van der Waals surface area contributed by atoms with Crippen LogP contribution in [0.25, 0.3) is 0 Å². The van der Waals surface area contributed by atoms with Crippen LogP contribution < -0.4 is 0 Å². The Morgan fingerprint density at radius 3 is 2.43 bits per heavy atom. The lowest BCUT2D eigenvalue weighted by Gasteiger charge is -2.51. The van der Waals surface area contributed by atoms with Crippen LogP contribution in [0.4, 0.5) is 0 Å². The molecule has 1 aromatic rings. The number of hydrogen-bond acceptors (Lipinski definition) is 2. The first-order valence-electron chi connectivity index (χ1n) is 4.97. The van der Waals surface area contributed by atoms with Gasteiger partial charge in [-0.3, -0.25) is 0 Å². The van der Waals surface area contributed by atoms with Gasteiger partial charge >= 0.3 is 0 Å². The van der Waals surface area contributed by atoms with Gasteiger partial charge in [0, 0.05) is 5.41 Å². The fourth-order valence-corrected chi connectivity index (χ4v) is 2.03. The van der Waals surface area contributed by atoms with Crippen molar-refractivity contribution in [1.82, 2.24) is 0 Å². The van der Waals surface area contributed by atoms with Gasteiger partial charge in [-0.25, -0.2) is 0 Å². The molecular formula is C12H16O2. The second kappa shape index (κ2) is 3.37. The molecular weight excluding hydrogens is 176 g/mol. The maximum absolute atomic E-state index is 9.06. The van der Waals surface area contributed by atoms with Crippen LogP contribution in [0.15, 0.2) is 30.3 Å². The maximum Gasteiger partial charge on any atom is 0.0906 e. The van der Waals surface area contributed by atoms with Gasteiger partial charge < -0.3 is 9.84 Å². The van der Waals surface area contributed by atoms with Crippen molar-refractivity contribution in [2.45, 2.75) is 26.1 Å². The van der Waals surface area contributed by atoms with Crippen molar-refractivity contribution in [2.75, 3.05) is 6.61 Å². The van der Waals surface area contributed by atoms with Crippen molar-refractivity contribution in [1.29, 1.82) is 0 Å². The number of hydrogen-bond donors (Lipinski definition) is 1. The Morgan fingerprint density at radius 1 is 1.29 bits per heavy atom. The molecule has 0 spiro atoms. The minimum atomic E-state index is -0.0206. The standard InChI is InChI=1S/C12H16O2/c1-12(2)10(8-13)14-11(12)9-6-4-3-5-7-9/h3-7,10-11,13H,8H2,1-2H3/t10-,11-/m1/s1. The quantitative estimate of drug-likeness (QED) is 0.778. The lowest BCUT2D eigenvalue weighted by Crippen LogP contribution is -2.52. The molecule has 76 valence electrons. The van der Waals surface area contributed by atoms with Crippen LogP contribution >= 0.6 is 0 Å². The summed E-state index contributed by atoms with van der Waals surface area (Å²) in [5.41, 5.74) is 1.23. The molecule has 1 saturated heterocycles. The third kappa shape index (κ3) is 1.35. The van der Waals surface area contributed by atoms with Crippen molar-refractivity contribution in [3.05, 3.63) is 35.9 Å². The summed E-state index contributed by atoms with van der Waals surface area (Å²) in [5, 5.41) is 9.06. The van der Waals surface area contributed by atoms with Gasteiger partial charge in [0.25, 0.3) is 0 Å². The molecule has 1 heterocycles. The molecule has 0 radical (unpaired) electrons. The predicted octanol–water partition coefficient (Wildman–Crippen LogP) is 2.15. The summed E-state index contributed by atoms with van der Waals surface area (Å²) in [6.07, 6.45) is 0.105. The van der Waals surface area contributed by atoms with E-state index < -0.39 is 0 Å². The fourth-order valence-electron chi connectivity index (χ4n) is 2.03. The van der Waals surface area contributed by atoms with E-state index in [1.54, 1.807) is 0 Å². The summed E-state index contributed by atoms with van der Waals surface area (Å²) in [4.78, 5) is 0. The second-order valence-corrected chi connectivity index (χ2v) is 4.42. The summed E-state index contributed by atoms with van der Waals surface area (Å²) in [6.45, 7) is 4.38. The van der Waals surface area contributed by atoms with Gasteiger partial charge in [-0.2, -0.15) is 0 Å². The van der Waals surface area contributed by atoms with Gasteiger partial charge in [0.1, 0.15) is 0 Å². The SMILES string of the molecule is CC1(C)[C@@H](c2ccccc2)O[C@@H]1CO. The highest BCUT2D eigenvalue weighted by Gasteiger charge is 2.49. The van der Waals surface area contributed by atoms with E-state index in [0.717, 1.165) is 0 Å². The Bertz CT molecular complexity index is 305. The van der Waals surface area contributed by atoms with Gasteiger partial charge in [0.15, 0.2) is 0 Å². The molecule has 2 atom stereocenters. The Hall–Kier alpha value is -0.860. The molecule has 2 nitrogen and oxygen atoms in total. The fraction of sp³-hybridized carbons (Fsp3) is 0.500. The van der Waals surface area contributed by atoms with Crippen LogP contribution in [-0.4, -0.2) is 17.8 Å². The number of benzene rings is 1. The largest absolute Gasteiger partial charge is 0.394 e. The molecule has 2 heteroatoms. The molecule has 0 aliphatic carbocycles. The van der Waals surface area contributed by atoms with Gasteiger partial charge in [-0.1, -0.05) is 44.2 Å². The Balaban J connectivity index is 2.17. The van der Waals surface area contributed by atoms with Gasteiger partial charge in [-0.15, -0.1) is 0 Å². The highest BCUT2D eigenvalue weighted by Crippen LogP contribution is 2.50. The smallest absolute Gasteiger partial charge is 0.0906 e. The molecule has 1 aromatic carbocycles. The zero-order chi connectivity index (χ0) is 10.2. The van der Waals surface area contributed by atoms with E-state index in [1.165, 1.54) is 5.56 Å². The van der Waals surface area contributed by atoms with Crippen LogP contribution in [0, 0.1) is 5.41 Å². The first kappa shape index (κ1) is 9.69. The minimum absolute atomic E-state index is 0.0206. The third-order valence-corrected chi connectivity index (χ3v) is 3.07. The van der Waals surface area contributed by atoms with Gasteiger partial charge in [0.05, 0.1) is 18.8 Å². The average Bonchev–Trinajstić information content (AvgIpc) is 2.18. The van der Waals surface area contributed by atoms with Crippen molar-refractivity contribution in [3.63, 3.8) is 0 Å². The van der Waals surface area contributed by atoms with Gasteiger partial charge in [0.2, 0.25) is 0 Å². The number of rotatable bonds is 2. The summed E-state index contributed by atoms with van der Waals surface area (Å²) in [7, 11) is 0. The van der Waals surface area contributed by atoms with Gasteiger partial charge in [-0.05, 0) is 5.56 Å². The second-order valence-electron chi connectivity index (χ2n) is 4.42. The Labute approximate surface area is 84.5 Å². The van der Waals surface area contributed by atoms with Crippen molar-refractivity contribution < 1.29 is 9.84 Å². The summed E-state index contributed by atoms with van der Waals surface area (Å²) < 4.78 is 5.64. The first-order chi connectivity index (χ1) is 6.66. The number of aliphatic hydroxyl groups is 1. The lowest BCUT2D eigenvalue weighted by molar-refractivity contribution is -0.250. The van der Waals surface area contributed by atoms with Crippen LogP contribution in [0.3, 0.4) is 0 Å². The van der Waals surface area contributed by atoms with E-state index in [1.807, 2.05) is 18.2 Å². The van der Waals surface area contributed by atoms with Crippen molar-refractivity contribution in [2.24, 2.45) is 5.41 Å². The normalized spacial score (nSPS) is 29.6. The van der Waals surface area contributed by atoms with E-state index in [4.69, 9.17) is 9.84 Å². The van der Waals surface area contributed by atoms with E-state index in [-0.39, 0.29) is 24.2 Å². The summed E-state index contributed by atoms with van der Waals surface area (Å²) >= 11 is 0. The molecule has 1 aliphatic heterocycles. The molecule has 1 N–H and O–H groups in total. The van der Waals surface area contributed by atoms with E-state index in [2.05, 4.69) is 26.0 Å². The third-order valence-electron chi connectivity index (χ3n) is 3.07. The molecule has 1 aliphatic rings. The van der Waals surface area contributed by atoms with E-state index in [9.17, 15) is 0 Å². The highest BCUT2D eigenvalue weighted by atomic mass is 16.5. The molecule has 14 heavy (non-hydrogen) atoms. The zero-order valence-corrected chi connectivity index (χ0v) is 8.60. The van der Waals surface area contributed by atoms with Crippen LogP contribution in [0.1, 0.15) is 25.5 Å². The molecule has 0 aromatic heterocycles. The number of ether oxygens (including phenoxy) is 1. The molecule has 0 saturated carbocycles. The molecule has 1 fully saturated rings. The Kier molecular flexibility index (Phi) is 2.33. The predicted molar refractivity (Wildman–Crippen MR) is 54.9 cm³/mol. The van der Waals surface area contributed by atoms with E-state index in [0.29, 0.717) is 0 Å². The zero-order valence-electron chi connectivity index (χ0n) is 8.60. The number of aliphatic hydroxyl groups excluding tert-OH is 1. The van der Waals surface area contributed by atoms with Crippen molar-refractivity contribution >= 4 is 0 Å². The van der Waals surface area contributed by atoms with Crippen molar-refractivity contribution in [3.8, 4) is 0 Å². The molecule has 0 bridgehead atoms. The lowest BCUT2D eigenvalue weighted by atomic mass is 9.72. The topological polar surface area (TPSA) is 29.5 Å². The van der Waals surface area contributed by atoms with E-state index >= 15 is 0 Å². The van der Waals surface area contributed by atoms with Crippen LogP contribution in [-0.2, 0) is 4.74 Å². The molecule has 0 amide bonds. The highest BCUT2D eigenvalue weighted by molar-refractivity contribution is 5.22. The van der Waals surface area contributed by atoms with Crippen LogP contribution in [0.5, 0.6) is 0 Å². The summed E-state index contributed by atoms with van der Waals surface area (Å²) in [5.74, 6) is 0. The van der Waals surface area contributed by atoms with Crippen LogP contribution in [0.2, 0.25) is 0 Å². The monoisotopic (exact) mass is 192 g/mol. The summed E-state index contributed by atoms with van der Waals surface area (Å²) in [6, 6.07) is 10.2. The average molecular weight is 192 g/mol. The molecule has 2 rings (SSSR count). The Morgan fingerprint density at radius 2 is 1.93 bits per heavy atom.